The second kappa shape index (κ2) is 25.9. The van der Waals surface area contributed by atoms with Crippen molar-refractivity contribution in [3.63, 3.8) is 0 Å². The lowest BCUT2D eigenvalue weighted by Crippen LogP contribution is -2.50. The third-order valence-electron chi connectivity index (χ3n) is 26.3. The summed E-state index contributed by atoms with van der Waals surface area (Å²) in [6, 6.07) is 0. The maximum atomic E-state index is 12.2. The second-order valence-electron chi connectivity index (χ2n) is 32.9. The number of hydrogen-bond donors (Lipinski definition) is 0. The van der Waals surface area contributed by atoms with Gasteiger partial charge >= 0.3 is 23.9 Å². The smallest absolute Gasteiger partial charge is 0.313 e. The van der Waals surface area contributed by atoms with Crippen molar-refractivity contribution in [2.45, 2.75) is 295 Å². The lowest BCUT2D eigenvalue weighted by atomic mass is 9.55. The minimum absolute atomic E-state index is 0.129. The Balaban J connectivity index is 0.000000125. The molecule has 0 radical (unpaired) electrons. The van der Waals surface area contributed by atoms with Crippen LogP contribution in [0.3, 0.4) is 0 Å². The van der Waals surface area contributed by atoms with Crippen molar-refractivity contribution in [1.29, 1.82) is 0 Å². The van der Waals surface area contributed by atoms with Crippen LogP contribution in [0.4, 0.5) is 0 Å². The quantitative estimate of drug-likeness (QED) is 0.0496. The summed E-state index contributed by atoms with van der Waals surface area (Å²) < 4.78 is 46.3. The molecule has 12 nitrogen and oxygen atoms in total. The Morgan fingerprint density at radius 3 is 1.17 bits per heavy atom. The third kappa shape index (κ3) is 13.6. The van der Waals surface area contributed by atoms with Crippen LogP contribution >= 0.6 is 0 Å². The van der Waals surface area contributed by atoms with Crippen LogP contribution in [0.5, 0.6) is 0 Å². The molecule has 14 aliphatic rings. The monoisotopic (exact) mass is 1170 g/mol. The fourth-order valence-electron chi connectivity index (χ4n) is 20.5. The van der Waals surface area contributed by atoms with Gasteiger partial charge < -0.3 is 37.9 Å². The highest BCUT2D eigenvalue weighted by molar-refractivity contribution is 5.77. The van der Waals surface area contributed by atoms with Crippen LogP contribution in [0.2, 0.25) is 0 Å². The molecule has 0 N–H and O–H groups in total. The summed E-state index contributed by atoms with van der Waals surface area (Å²) in [4.78, 5) is 48.3. The van der Waals surface area contributed by atoms with E-state index < -0.39 is 40.5 Å². The molecule has 20 atom stereocenters. The van der Waals surface area contributed by atoms with E-state index >= 15 is 0 Å². The molecule has 84 heavy (non-hydrogen) atoms. The van der Waals surface area contributed by atoms with Crippen molar-refractivity contribution < 1.29 is 57.1 Å². The van der Waals surface area contributed by atoms with E-state index in [0.717, 1.165) is 121 Å². The average molecular weight is 1180 g/mol. The van der Waals surface area contributed by atoms with Gasteiger partial charge in [0.25, 0.3) is 0 Å². The van der Waals surface area contributed by atoms with Crippen molar-refractivity contribution in [2.75, 3.05) is 6.79 Å². The van der Waals surface area contributed by atoms with Crippen LogP contribution in [0, 0.1) is 128 Å². The number of carbonyl (C=O) groups is 4. The highest BCUT2D eigenvalue weighted by Crippen LogP contribution is 2.69. The number of esters is 4. The first-order chi connectivity index (χ1) is 39.7. The van der Waals surface area contributed by atoms with Gasteiger partial charge in [-0.15, -0.1) is 0 Å². The van der Waals surface area contributed by atoms with Gasteiger partial charge in [0.15, 0.2) is 25.7 Å². The number of carbonyl (C=O) groups excluding carboxylic acids is 4. The zero-order valence-electron chi connectivity index (χ0n) is 55.3. The maximum absolute atomic E-state index is 12.2. The Bertz CT molecular complexity index is 2240. The van der Waals surface area contributed by atoms with E-state index in [1.54, 1.807) is 0 Å². The zero-order valence-corrected chi connectivity index (χ0v) is 55.3. The summed E-state index contributed by atoms with van der Waals surface area (Å²) in [7, 11) is 0. The minimum Gasteiger partial charge on any atom is -0.438 e. The Morgan fingerprint density at radius 1 is 0.357 bits per heavy atom. The molecule has 0 aromatic heterocycles. The van der Waals surface area contributed by atoms with E-state index in [4.69, 9.17) is 37.9 Å². The maximum Gasteiger partial charge on any atom is 0.313 e. The highest BCUT2D eigenvalue weighted by Gasteiger charge is 2.64. The van der Waals surface area contributed by atoms with Crippen LogP contribution in [-0.2, 0) is 57.1 Å². The first kappa shape index (κ1) is 64.7. The molecule has 0 spiro atoms. The molecule has 20 unspecified atom stereocenters. The van der Waals surface area contributed by atoms with Gasteiger partial charge in [-0.1, -0.05) is 27.7 Å². The van der Waals surface area contributed by atoms with Gasteiger partial charge in [-0.25, -0.2) is 0 Å². The van der Waals surface area contributed by atoms with E-state index in [0.29, 0.717) is 42.2 Å². The van der Waals surface area contributed by atoms with E-state index in [-0.39, 0.29) is 30.7 Å². The molecule has 0 aromatic carbocycles. The van der Waals surface area contributed by atoms with Crippen molar-refractivity contribution in [2.24, 2.45) is 128 Å². The van der Waals surface area contributed by atoms with E-state index in [9.17, 15) is 19.2 Å². The van der Waals surface area contributed by atoms with Crippen LogP contribution in [0.25, 0.3) is 0 Å². The van der Waals surface area contributed by atoms with Crippen molar-refractivity contribution in [1.82, 2.24) is 0 Å². The van der Waals surface area contributed by atoms with Gasteiger partial charge in [0.1, 0.15) is 0 Å². The molecule has 0 heterocycles. The first-order valence-electron chi connectivity index (χ1n) is 35.1. The molecule has 0 aromatic rings. The van der Waals surface area contributed by atoms with Gasteiger partial charge in [0, 0.05) is 0 Å². The van der Waals surface area contributed by atoms with Crippen LogP contribution in [-0.4, -0.2) is 74.0 Å². The summed E-state index contributed by atoms with van der Waals surface area (Å²) in [6.07, 6.45) is 29.2. The lowest BCUT2D eigenvalue weighted by molar-refractivity contribution is -0.224. The summed E-state index contributed by atoms with van der Waals surface area (Å²) in [5.41, 5.74) is -1.64. The molecule has 478 valence electrons. The Labute approximate surface area is 508 Å². The number of hydrogen-bond acceptors (Lipinski definition) is 12. The number of rotatable bonds is 20. The third-order valence-corrected chi connectivity index (χ3v) is 26.3. The van der Waals surface area contributed by atoms with Crippen LogP contribution < -0.4 is 0 Å². The number of fused-ring (bicyclic) bond motifs is 20. The van der Waals surface area contributed by atoms with Crippen molar-refractivity contribution in [3.8, 4) is 0 Å². The molecule has 0 saturated heterocycles. The fraction of sp³-hybridized carbons (Fsp3) is 0.944. The topological polar surface area (TPSA) is 142 Å². The largest absolute Gasteiger partial charge is 0.438 e. The molecule has 14 bridgehead atoms. The molecule has 14 saturated carbocycles. The standard InChI is InChI=1S/C20H32O3.C19H30O3.C18H30O3.C15H26O3/c1-5-20(3,4)19(21)23-11(2)22-16-10-14-9-15(16)18-13-7-6-12(8-13)17(14)18;1-4-19(2,3)18(20)22-10-21-15-9-13-8-14(15)17-12-6-5-11(7-12)16(13)17;1-5-18(3,4)17(19)21-11(2)20-16-14-7-12-6-13(9-14)10-15(16)8-12;1-5-15(3,4)14(16)18-10(2)17-13-9-11-6-7-12(13)8-11/h11-18H,5-10H2,1-4H3;11-17H,4-10H2,1-3H3;11-16H,5-10H2,1-4H3;10-13H,5-9H2,1-4H3. The first-order valence-corrected chi connectivity index (χ1v) is 35.1. The normalized spacial score (nSPS) is 41.1. The summed E-state index contributed by atoms with van der Waals surface area (Å²) in [5.74, 6) is 15.5. The van der Waals surface area contributed by atoms with Crippen molar-refractivity contribution >= 4 is 23.9 Å². The lowest BCUT2D eigenvalue weighted by Gasteiger charge is -2.54. The average Bonchev–Trinajstić information content (AvgIpc) is 2.98. The zero-order chi connectivity index (χ0) is 60.4. The van der Waals surface area contributed by atoms with E-state index in [1.165, 1.54) is 116 Å². The molecule has 12 heteroatoms. The summed E-state index contributed by atoms with van der Waals surface area (Å²) in [6.45, 7) is 29.3. The Hall–Kier alpha value is -2.28. The fourth-order valence-corrected chi connectivity index (χ4v) is 20.5. The number of ether oxygens (including phenoxy) is 8. The predicted octanol–water partition coefficient (Wildman–Crippen LogP) is 16.1. The minimum atomic E-state index is -0.415. The molecule has 14 fully saturated rings. The molecule has 0 amide bonds. The molecular formula is C72H118O12. The second-order valence-corrected chi connectivity index (χ2v) is 32.9. The van der Waals surface area contributed by atoms with E-state index in [1.807, 2.05) is 104 Å². The van der Waals surface area contributed by atoms with Gasteiger partial charge in [-0.3, -0.25) is 19.2 Å². The van der Waals surface area contributed by atoms with Crippen LogP contribution in [0.15, 0.2) is 0 Å². The Kier molecular flexibility index (Phi) is 20.0. The van der Waals surface area contributed by atoms with Gasteiger partial charge in [0.2, 0.25) is 0 Å². The summed E-state index contributed by atoms with van der Waals surface area (Å²) in [5, 5.41) is 0. The van der Waals surface area contributed by atoms with Gasteiger partial charge in [-0.05, 0) is 330 Å². The molecule has 0 aliphatic heterocycles. The van der Waals surface area contributed by atoms with E-state index in [2.05, 4.69) is 0 Å². The molecule has 14 rings (SSSR count). The Morgan fingerprint density at radius 2 is 0.738 bits per heavy atom. The predicted molar refractivity (Wildman–Crippen MR) is 324 cm³/mol. The molecule has 14 aliphatic carbocycles. The van der Waals surface area contributed by atoms with Gasteiger partial charge in [0.05, 0.1) is 46.1 Å². The highest BCUT2D eigenvalue weighted by atomic mass is 16.7. The van der Waals surface area contributed by atoms with Crippen molar-refractivity contribution in [3.05, 3.63) is 0 Å². The van der Waals surface area contributed by atoms with Gasteiger partial charge in [-0.2, -0.15) is 0 Å². The molecular weight excluding hydrogens is 1060 g/mol. The SMILES string of the molecule is CCC(C)(C)C(=O)OC(C)OC1C2CC3CC(C2)CC1C3.CCC(C)(C)C(=O)OC(C)OC1CC2CC1C1C3CCC(C3)C21.CCC(C)(C)C(=O)OC(C)OC1CC2CCC1C2.CCC(C)(C)C(=O)OCOC1CC2CC1C1C3CCC(C3)C21. The summed E-state index contributed by atoms with van der Waals surface area (Å²) >= 11 is 0. The van der Waals surface area contributed by atoms with Crippen LogP contribution in [0.1, 0.15) is 252 Å².